The molecule has 0 saturated heterocycles. The van der Waals surface area contributed by atoms with E-state index in [0.717, 1.165) is 34.0 Å². The lowest BCUT2D eigenvalue weighted by Gasteiger charge is -2.38. The molecule has 0 saturated carbocycles. The number of benzene rings is 2. The standard InChI is InChI=1S/C26H25ClN4O3/c1-16-24(27)17(2)31(29-16)14-19-13-18(10-11-23(19)33-3)25-28-22-9-5-4-8-21(22)26(32)30(25)15-20-7-6-12-34-20/h4-13,25,28H,14-15H2,1-3H3. The van der Waals surface area contributed by atoms with Crippen molar-refractivity contribution in [1.29, 1.82) is 0 Å². The van der Waals surface area contributed by atoms with Gasteiger partial charge < -0.3 is 19.4 Å². The highest BCUT2D eigenvalue weighted by molar-refractivity contribution is 6.31. The topological polar surface area (TPSA) is 72.5 Å². The number of anilines is 1. The molecular weight excluding hydrogens is 452 g/mol. The number of nitrogens with zero attached hydrogens (tertiary/aromatic N) is 3. The van der Waals surface area contributed by atoms with Gasteiger partial charge in [-0.25, -0.2) is 0 Å². The van der Waals surface area contributed by atoms with Gasteiger partial charge in [-0.15, -0.1) is 0 Å². The van der Waals surface area contributed by atoms with Crippen LogP contribution in [0.2, 0.25) is 5.02 Å². The predicted octanol–water partition coefficient (Wildman–Crippen LogP) is 5.57. The van der Waals surface area contributed by atoms with Crippen LogP contribution in [0, 0.1) is 13.8 Å². The van der Waals surface area contributed by atoms with Crippen LogP contribution in [0.4, 0.5) is 5.69 Å². The van der Waals surface area contributed by atoms with E-state index in [4.69, 9.17) is 20.8 Å². The summed E-state index contributed by atoms with van der Waals surface area (Å²) in [7, 11) is 1.65. The Morgan fingerprint density at radius 3 is 2.65 bits per heavy atom. The van der Waals surface area contributed by atoms with E-state index in [2.05, 4.69) is 16.5 Å². The van der Waals surface area contributed by atoms with E-state index in [9.17, 15) is 4.79 Å². The van der Waals surface area contributed by atoms with Crippen LogP contribution < -0.4 is 10.1 Å². The van der Waals surface area contributed by atoms with Crippen LogP contribution in [0.1, 0.15) is 44.8 Å². The molecule has 1 aliphatic rings. The number of hydrogen-bond acceptors (Lipinski definition) is 5. The summed E-state index contributed by atoms with van der Waals surface area (Å²) in [6, 6.07) is 17.2. The molecule has 2 aromatic carbocycles. The number of hydrogen-bond donors (Lipinski definition) is 1. The first-order valence-electron chi connectivity index (χ1n) is 11.0. The van der Waals surface area contributed by atoms with Crippen molar-refractivity contribution in [2.24, 2.45) is 0 Å². The molecule has 0 radical (unpaired) electrons. The van der Waals surface area contributed by atoms with Gasteiger partial charge >= 0.3 is 0 Å². The molecule has 8 heteroatoms. The summed E-state index contributed by atoms with van der Waals surface area (Å²) in [5, 5.41) is 8.77. The third kappa shape index (κ3) is 3.92. The number of aromatic nitrogens is 2. The Hall–Kier alpha value is -3.71. The van der Waals surface area contributed by atoms with E-state index < -0.39 is 0 Å². The highest BCUT2D eigenvalue weighted by atomic mass is 35.5. The van der Waals surface area contributed by atoms with Crippen molar-refractivity contribution in [3.8, 4) is 5.75 Å². The van der Waals surface area contributed by atoms with E-state index in [1.54, 1.807) is 18.3 Å². The lowest BCUT2D eigenvalue weighted by atomic mass is 10.0. The lowest BCUT2D eigenvalue weighted by Crippen LogP contribution is -2.42. The molecule has 1 amide bonds. The molecule has 2 aromatic heterocycles. The first kappa shape index (κ1) is 22.1. The SMILES string of the molecule is COc1ccc(C2Nc3ccccc3C(=O)N2Cc2ccco2)cc1Cn1nc(C)c(Cl)c1C. The second-order valence-corrected chi connectivity index (χ2v) is 8.70. The van der Waals surface area contributed by atoms with Crippen molar-refractivity contribution in [2.45, 2.75) is 33.1 Å². The maximum absolute atomic E-state index is 13.5. The first-order chi connectivity index (χ1) is 16.5. The maximum atomic E-state index is 13.5. The number of aryl methyl sites for hydroxylation is 1. The number of rotatable bonds is 6. The fourth-order valence-corrected chi connectivity index (χ4v) is 4.51. The zero-order valence-corrected chi connectivity index (χ0v) is 20.0. The minimum atomic E-state index is -0.388. The summed E-state index contributed by atoms with van der Waals surface area (Å²) >= 11 is 6.36. The molecule has 0 aliphatic carbocycles. The summed E-state index contributed by atoms with van der Waals surface area (Å²) in [4.78, 5) is 15.3. The summed E-state index contributed by atoms with van der Waals surface area (Å²) in [6.45, 7) is 4.67. The first-order valence-corrected chi connectivity index (χ1v) is 11.4. The summed E-state index contributed by atoms with van der Waals surface area (Å²) in [5.41, 5.74) is 4.99. The van der Waals surface area contributed by atoms with Crippen molar-refractivity contribution in [3.63, 3.8) is 0 Å². The Balaban J connectivity index is 1.55. The highest BCUT2D eigenvalue weighted by Crippen LogP contribution is 2.36. The average molecular weight is 477 g/mol. The largest absolute Gasteiger partial charge is 0.496 e. The van der Waals surface area contributed by atoms with Crippen LogP contribution in [0.15, 0.2) is 65.3 Å². The number of halogens is 1. The molecule has 7 nitrogen and oxygen atoms in total. The van der Waals surface area contributed by atoms with Gasteiger partial charge in [-0.2, -0.15) is 5.10 Å². The van der Waals surface area contributed by atoms with Crippen LogP contribution in [0.3, 0.4) is 0 Å². The smallest absolute Gasteiger partial charge is 0.258 e. The van der Waals surface area contributed by atoms with E-state index in [0.29, 0.717) is 29.4 Å². The van der Waals surface area contributed by atoms with E-state index in [1.807, 2.05) is 67.1 Å². The Morgan fingerprint density at radius 1 is 1.12 bits per heavy atom. The third-order valence-electron chi connectivity index (χ3n) is 6.16. The third-order valence-corrected chi connectivity index (χ3v) is 6.71. The molecule has 4 aromatic rings. The molecule has 5 rings (SSSR count). The molecule has 3 heterocycles. The highest BCUT2D eigenvalue weighted by Gasteiger charge is 2.33. The fraction of sp³-hybridized carbons (Fsp3) is 0.231. The second-order valence-electron chi connectivity index (χ2n) is 8.32. The minimum Gasteiger partial charge on any atom is -0.496 e. The van der Waals surface area contributed by atoms with Crippen LogP contribution in [-0.2, 0) is 13.1 Å². The van der Waals surface area contributed by atoms with Gasteiger partial charge in [0.2, 0.25) is 0 Å². The molecule has 1 atom stereocenters. The van der Waals surface area contributed by atoms with E-state index in [-0.39, 0.29) is 12.1 Å². The van der Waals surface area contributed by atoms with Gasteiger partial charge in [-0.05, 0) is 55.8 Å². The van der Waals surface area contributed by atoms with Gasteiger partial charge in [0.1, 0.15) is 17.7 Å². The van der Waals surface area contributed by atoms with Gasteiger partial charge in [0, 0.05) is 11.3 Å². The van der Waals surface area contributed by atoms with Gasteiger partial charge in [0.25, 0.3) is 5.91 Å². The predicted molar refractivity (Wildman–Crippen MR) is 130 cm³/mol. The van der Waals surface area contributed by atoms with Crippen LogP contribution in [-0.4, -0.2) is 27.7 Å². The molecular formula is C26H25ClN4O3. The molecule has 0 spiro atoms. The van der Waals surface area contributed by atoms with Gasteiger partial charge in [0.15, 0.2) is 0 Å². The minimum absolute atomic E-state index is 0.0570. The van der Waals surface area contributed by atoms with Crippen LogP contribution in [0.5, 0.6) is 5.75 Å². The van der Waals surface area contributed by atoms with Crippen molar-refractivity contribution < 1.29 is 13.9 Å². The summed E-state index contributed by atoms with van der Waals surface area (Å²) in [5.74, 6) is 1.40. The zero-order valence-electron chi connectivity index (χ0n) is 19.2. The van der Waals surface area contributed by atoms with Crippen molar-refractivity contribution in [2.75, 3.05) is 12.4 Å². The van der Waals surface area contributed by atoms with Crippen LogP contribution in [0.25, 0.3) is 0 Å². The number of furan rings is 1. The van der Waals surface area contributed by atoms with Gasteiger partial charge in [-0.3, -0.25) is 9.48 Å². The molecule has 1 unspecified atom stereocenters. The number of amides is 1. The number of fused-ring (bicyclic) bond motifs is 1. The van der Waals surface area contributed by atoms with Crippen LogP contribution >= 0.6 is 11.6 Å². The average Bonchev–Trinajstić information content (AvgIpc) is 3.45. The van der Waals surface area contributed by atoms with Crippen molar-refractivity contribution in [3.05, 3.63) is 99.7 Å². The molecule has 0 bridgehead atoms. The molecule has 174 valence electrons. The quantitative estimate of drug-likeness (QED) is 0.394. The Bertz CT molecular complexity index is 1350. The number of methoxy groups -OCH3 is 1. The summed E-state index contributed by atoms with van der Waals surface area (Å²) in [6.07, 6.45) is 1.23. The molecule has 1 aliphatic heterocycles. The Labute approximate surface area is 202 Å². The number of ether oxygens (including phenoxy) is 1. The number of carbonyl (C=O) groups is 1. The lowest BCUT2D eigenvalue weighted by molar-refractivity contribution is 0.0651. The second kappa shape index (κ2) is 8.91. The number of para-hydroxylation sites is 1. The number of carbonyl (C=O) groups excluding carboxylic acids is 1. The fourth-order valence-electron chi connectivity index (χ4n) is 4.37. The maximum Gasteiger partial charge on any atom is 0.258 e. The molecule has 0 fully saturated rings. The van der Waals surface area contributed by atoms with Crippen molar-refractivity contribution >= 4 is 23.2 Å². The Kier molecular flexibility index (Phi) is 5.79. The summed E-state index contributed by atoms with van der Waals surface area (Å²) < 4.78 is 13.1. The van der Waals surface area contributed by atoms with Gasteiger partial charge in [-0.1, -0.05) is 29.8 Å². The normalized spacial score (nSPS) is 15.2. The Morgan fingerprint density at radius 2 is 1.94 bits per heavy atom. The van der Waals surface area contributed by atoms with E-state index >= 15 is 0 Å². The monoisotopic (exact) mass is 476 g/mol. The molecule has 34 heavy (non-hydrogen) atoms. The number of nitrogens with one attached hydrogen (secondary N) is 1. The van der Waals surface area contributed by atoms with Gasteiger partial charge in [0.05, 0.1) is 48.4 Å². The van der Waals surface area contributed by atoms with Crippen molar-refractivity contribution in [1.82, 2.24) is 14.7 Å². The molecule has 1 N–H and O–H groups in total. The van der Waals surface area contributed by atoms with E-state index in [1.165, 1.54) is 0 Å². The zero-order chi connectivity index (χ0) is 23.8.